The van der Waals surface area contributed by atoms with Crippen molar-refractivity contribution in [2.24, 2.45) is 0 Å². The van der Waals surface area contributed by atoms with Gasteiger partial charge in [0.25, 0.3) is 0 Å². The molecule has 0 saturated carbocycles. The van der Waals surface area contributed by atoms with Gasteiger partial charge in [0.05, 0.1) is 18.3 Å². The van der Waals surface area contributed by atoms with Crippen LogP contribution < -0.4 is 0 Å². The second kappa shape index (κ2) is 12.6. The maximum absolute atomic E-state index is 14.0. The number of thiophene rings is 1. The minimum atomic E-state index is -3.28. The number of hydrogen-bond donors (Lipinski definition) is 0. The van der Waals surface area contributed by atoms with Crippen molar-refractivity contribution in [1.82, 2.24) is 14.1 Å². The summed E-state index contributed by atoms with van der Waals surface area (Å²) in [6.45, 7) is 4.67. The second-order valence-corrected chi connectivity index (χ2v) is 12.9. The third kappa shape index (κ3) is 6.73. The quantitative estimate of drug-likeness (QED) is 0.393. The number of carbonyl (C=O) groups excluding carboxylic acids is 1. The molecule has 2 aliphatic rings. The lowest BCUT2D eigenvalue weighted by Crippen LogP contribution is -2.53. The summed E-state index contributed by atoms with van der Waals surface area (Å²) >= 11 is 1.71. The maximum atomic E-state index is 14.0. The summed E-state index contributed by atoms with van der Waals surface area (Å²) in [5.41, 5.74) is 2.00. The topological polar surface area (TPSA) is 60.9 Å². The molecule has 0 spiro atoms. The van der Waals surface area contributed by atoms with Gasteiger partial charge in [0.2, 0.25) is 15.9 Å². The van der Waals surface area contributed by atoms with Crippen LogP contribution in [0.4, 0.5) is 4.39 Å². The summed E-state index contributed by atoms with van der Waals surface area (Å²) in [4.78, 5) is 18.5. The Hall–Kier alpha value is -1.81. The van der Waals surface area contributed by atoms with Gasteiger partial charge in [0.1, 0.15) is 5.82 Å². The highest BCUT2D eigenvalue weighted by atomic mass is 32.2. The zero-order valence-corrected chi connectivity index (χ0v) is 22.8. The molecule has 1 amide bonds. The molecule has 1 aromatic heterocycles. The van der Waals surface area contributed by atoms with Gasteiger partial charge < -0.3 is 4.90 Å². The van der Waals surface area contributed by atoms with Crippen molar-refractivity contribution < 1.29 is 17.6 Å². The van der Waals surface area contributed by atoms with Crippen molar-refractivity contribution in [3.05, 3.63) is 57.5 Å². The van der Waals surface area contributed by atoms with E-state index in [1.807, 2.05) is 6.07 Å². The molecule has 0 bridgehead atoms. The molecule has 2 aliphatic heterocycles. The number of benzene rings is 1. The van der Waals surface area contributed by atoms with Crippen molar-refractivity contribution in [3.63, 3.8) is 0 Å². The zero-order chi connectivity index (χ0) is 25.5. The first-order valence-electron chi connectivity index (χ1n) is 13.2. The van der Waals surface area contributed by atoms with Crippen LogP contribution in [-0.2, 0) is 21.2 Å². The SMILES string of the molecule is CCCCCCCCS(=O)(=O)N1CCN(C(=O)CN2CCc3sccc3[C@@H]2c2cccc(F)c2)CC1. The van der Waals surface area contributed by atoms with Gasteiger partial charge in [-0.2, -0.15) is 4.31 Å². The Bertz CT molecular complexity index is 1110. The molecule has 0 aliphatic carbocycles. The van der Waals surface area contributed by atoms with Gasteiger partial charge in [-0.15, -0.1) is 11.3 Å². The fourth-order valence-electron chi connectivity index (χ4n) is 5.29. The van der Waals surface area contributed by atoms with Gasteiger partial charge in [0.15, 0.2) is 0 Å². The van der Waals surface area contributed by atoms with E-state index in [0.717, 1.165) is 36.9 Å². The molecule has 0 radical (unpaired) electrons. The standard InChI is InChI=1S/C27H38FN3O3S2/c1-2-3-4-5-6-7-19-36(33,34)31-16-14-29(15-17-31)26(32)21-30-13-11-25-24(12-18-35-25)27(30)22-9-8-10-23(28)20-22/h8-10,12,18,20,27H,2-7,11,13-17,19,21H2,1H3/t27-/m0/s1. The predicted molar refractivity (Wildman–Crippen MR) is 143 cm³/mol. The Morgan fingerprint density at radius 3 is 2.53 bits per heavy atom. The van der Waals surface area contributed by atoms with E-state index in [1.54, 1.807) is 32.7 Å². The highest BCUT2D eigenvalue weighted by molar-refractivity contribution is 7.89. The van der Waals surface area contributed by atoms with Gasteiger partial charge in [-0.25, -0.2) is 12.8 Å². The molecule has 36 heavy (non-hydrogen) atoms. The van der Waals surface area contributed by atoms with E-state index in [9.17, 15) is 17.6 Å². The summed E-state index contributed by atoms with van der Waals surface area (Å²) in [6.07, 6.45) is 7.17. The fraction of sp³-hybridized carbons (Fsp3) is 0.593. The van der Waals surface area contributed by atoms with Crippen LogP contribution in [0, 0.1) is 5.82 Å². The Balaban J connectivity index is 1.32. The molecule has 3 heterocycles. The number of amides is 1. The molecule has 1 fully saturated rings. The molecule has 2 aromatic rings. The van der Waals surface area contributed by atoms with E-state index < -0.39 is 10.0 Å². The zero-order valence-electron chi connectivity index (χ0n) is 21.2. The first-order valence-corrected chi connectivity index (χ1v) is 15.7. The van der Waals surface area contributed by atoms with Crippen molar-refractivity contribution in [2.75, 3.05) is 45.0 Å². The van der Waals surface area contributed by atoms with E-state index >= 15 is 0 Å². The third-order valence-electron chi connectivity index (χ3n) is 7.31. The molecule has 0 N–H and O–H groups in total. The van der Waals surface area contributed by atoms with Crippen LogP contribution in [0.1, 0.15) is 67.5 Å². The van der Waals surface area contributed by atoms with Crippen LogP contribution in [0.5, 0.6) is 0 Å². The van der Waals surface area contributed by atoms with Crippen molar-refractivity contribution in [3.8, 4) is 0 Å². The highest BCUT2D eigenvalue weighted by Crippen LogP contribution is 2.37. The highest BCUT2D eigenvalue weighted by Gasteiger charge is 2.34. The van der Waals surface area contributed by atoms with E-state index in [2.05, 4.69) is 23.3 Å². The summed E-state index contributed by atoms with van der Waals surface area (Å²) in [5, 5.41) is 2.06. The Labute approximate surface area is 219 Å². The van der Waals surface area contributed by atoms with Gasteiger partial charge in [-0.1, -0.05) is 51.2 Å². The second-order valence-electron chi connectivity index (χ2n) is 9.84. The van der Waals surface area contributed by atoms with E-state index in [-0.39, 0.29) is 30.1 Å². The van der Waals surface area contributed by atoms with Crippen LogP contribution >= 0.6 is 11.3 Å². The number of carbonyl (C=O) groups is 1. The lowest BCUT2D eigenvalue weighted by Gasteiger charge is -2.39. The molecule has 1 aromatic carbocycles. The number of nitrogens with zero attached hydrogens (tertiary/aromatic N) is 3. The van der Waals surface area contributed by atoms with Crippen LogP contribution in [0.3, 0.4) is 0 Å². The number of sulfonamides is 1. The molecule has 1 saturated heterocycles. The molecule has 4 rings (SSSR count). The summed E-state index contributed by atoms with van der Waals surface area (Å²) < 4.78 is 41.1. The molecular formula is C27H38FN3O3S2. The van der Waals surface area contributed by atoms with Crippen molar-refractivity contribution >= 4 is 27.3 Å². The van der Waals surface area contributed by atoms with E-state index in [1.165, 1.54) is 30.2 Å². The van der Waals surface area contributed by atoms with Crippen molar-refractivity contribution in [1.29, 1.82) is 0 Å². The van der Waals surface area contributed by atoms with Crippen LogP contribution in [0.25, 0.3) is 0 Å². The van der Waals surface area contributed by atoms with E-state index in [0.29, 0.717) is 32.6 Å². The number of rotatable bonds is 11. The minimum Gasteiger partial charge on any atom is -0.339 e. The molecule has 9 heteroatoms. The van der Waals surface area contributed by atoms with Crippen LogP contribution in [-0.4, -0.2) is 73.5 Å². The first kappa shape index (κ1) is 27.2. The first-order chi connectivity index (χ1) is 17.4. The maximum Gasteiger partial charge on any atom is 0.236 e. The number of unbranched alkanes of at least 4 members (excludes halogenated alkanes) is 5. The smallest absolute Gasteiger partial charge is 0.236 e. The monoisotopic (exact) mass is 535 g/mol. The lowest BCUT2D eigenvalue weighted by atomic mass is 9.93. The molecule has 0 unspecified atom stereocenters. The van der Waals surface area contributed by atoms with Gasteiger partial charge >= 0.3 is 0 Å². The molecular weight excluding hydrogens is 497 g/mol. The predicted octanol–water partition coefficient (Wildman–Crippen LogP) is 4.67. The third-order valence-corrected chi connectivity index (χ3v) is 10.3. The minimum absolute atomic E-state index is 0.00283. The molecule has 6 nitrogen and oxygen atoms in total. The average molecular weight is 536 g/mol. The van der Waals surface area contributed by atoms with Crippen LogP contribution in [0.2, 0.25) is 0 Å². The Morgan fingerprint density at radius 1 is 1.03 bits per heavy atom. The number of piperazine rings is 1. The largest absolute Gasteiger partial charge is 0.339 e. The normalized spacial score (nSPS) is 19.4. The van der Waals surface area contributed by atoms with Crippen LogP contribution in [0.15, 0.2) is 35.7 Å². The van der Waals surface area contributed by atoms with Crippen molar-refractivity contribution in [2.45, 2.75) is 57.9 Å². The van der Waals surface area contributed by atoms with Gasteiger partial charge in [-0.3, -0.25) is 9.69 Å². The molecule has 198 valence electrons. The average Bonchev–Trinajstić information content (AvgIpc) is 3.35. The fourth-order valence-corrected chi connectivity index (χ4v) is 7.74. The number of hydrogen-bond acceptors (Lipinski definition) is 5. The molecule has 1 atom stereocenters. The number of fused-ring (bicyclic) bond motifs is 1. The summed E-state index contributed by atoms with van der Waals surface area (Å²) in [5.74, 6) is -0.0819. The van der Waals surface area contributed by atoms with E-state index in [4.69, 9.17) is 0 Å². The summed E-state index contributed by atoms with van der Waals surface area (Å²) in [6, 6.07) is 8.57. The Kier molecular flexibility index (Phi) is 9.55. The number of halogens is 1. The lowest BCUT2D eigenvalue weighted by molar-refractivity contribution is -0.134. The Morgan fingerprint density at radius 2 is 1.78 bits per heavy atom. The summed E-state index contributed by atoms with van der Waals surface area (Å²) in [7, 11) is -3.28. The van der Waals surface area contributed by atoms with Gasteiger partial charge in [-0.05, 0) is 47.5 Å². The van der Waals surface area contributed by atoms with Gasteiger partial charge in [0, 0.05) is 37.6 Å².